The maximum absolute atomic E-state index is 8.83. The van der Waals surface area contributed by atoms with Crippen LogP contribution in [-0.4, -0.2) is 22.0 Å². The first-order valence-electron chi connectivity index (χ1n) is 5.74. The molecule has 0 spiro atoms. The first-order chi connectivity index (χ1) is 6.86. The Labute approximate surface area is 91.3 Å². The Kier molecular flexibility index (Phi) is 6.65. The van der Waals surface area contributed by atoms with Gasteiger partial charge in [-0.3, -0.25) is 0 Å². The van der Waals surface area contributed by atoms with E-state index in [1.54, 1.807) is 0 Å². The summed E-state index contributed by atoms with van der Waals surface area (Å²) in [5.74, 6) is 2.55. The highest BCUT2D eigenvalue weighted by atomic mass is 32.2. The lowest BCUT2D eigenvalue weighted by Gasteiger charge is -2.27. The van der Waals surface area contributed by atoms with E-state index < -0.39 is 0 Å². The Morgan fingerprint density at radius 2 is 1.57 bits per heavy atom. The third kappa shape index (κ3) is 4.67. The Bertz CT molecular complexity index is 133. The predicted molar refractivity (Wildman–Crippen MR) is 61.5 cm³/mol. The van der Waals surface area contributed by atoms with Crippen molar-refractivity contribution in [2.75, 3.05) is 12.4 Å². The minimum absolute atomic E-state index is 0.358. The zero-order valence-corrected chi connectivity index (χ0v) is 9.64. The normalized spacial score (nSPS) is 27.9. The SMILES string of the molecule is OCCC1CCC(CCCSO)CC1. The summed E-state index contributed by atoms with van der Waals surface area (Å²) in [6, 6.07) is 0. The van der Waals surface area contributed by atoms with Gasteiger partial charge in [0.05, 0.1) is 0 Å². The number of hydrogen-bond acceptors (Lipinski definition) is 3. The van der Waals surface area contributed by atoms with E-state index in [0.29, 0.717) is 6.61 Å². The Morgan fingerprint density at radius 1 is 1.00 bits per heavy atom. The minimum atomic E-state index is 0.358. The van der Waals surface area contributed by atoms with E-state index in [0.717, 1.165) is 42.5 Å². The van der Waals surface area contributed by atoms with Crippen LogP contribution in [0.1, 0.15) is 44.9 Å². The van der Waals surface area contributed by atoms with Gasteiger partial charge in [0.2, 0.25) is 0 Å². The lowest BCUT2D eigenvalue weighted by molar-refractivity contribution is 0.201. The standard InChI is InChI=1S/C11H22O2S/c12-8-7-11-5-3-10(4-6-11)2-1-9-14-13/h10-13H,1-9H2. The second-order valence-corrected chi connectivity index (χ2v) is 5.04. The van der Waals surface area contributed by atoms with E-state index in [9.17, 15) is 0 Å². The molecule has 1 fully saturated rings. The molecule has 0 aromatic rings. The van der Waals surface area contributed by atoms with E-state index in [1.165, 1.54) is 32.1 Å². The maximum atomic E-state index is 8.83. The molecular weight excluding hydrogens is 196 g/mol. The van der Waals surface area contributed by atoms with Crippen LogP contribution < -0.4 is 0 Å². The molecule has 1 rings (SSSR count). The molecule has 84 valence electrons. The van der Waals surface area contributed by atoms with Gasteiger partial charge in [0, 0.05) is 12.4 Å². The molecule has 1 aliphatic rings. The summed E-state index contributed by atoms with van der Waals surface area (Å²) in [6.45, 7) is 0.358. The molecule has 2 N–H and O–H groups in total. The minimum Gasteiger partial charge on any atom is -0.396 e. The van der Waals surface area contributed by atoms with Crippen molar-refractivity contribution in [1.29, 1.82) is 0 Å². The molecule has 0 aromatic heterocycles. The highest BCUT2D eigenvalue weighted by Gasteiger charge is 2.20. The summed E-state index contributed by atoms with van der Waals surface area (Å²) in [7, 11) is 0. The third-order valence-electron chi connectivity index (χ3n) is 3.35. The van der Waals surface area contributed by atoms with E-state index in [1.807, 2.05) is 0 Å². The average Bonchev–Trinajstić information content (AvgIpc) is 2.21. The van der Waals surface area contributed by atoms with Crippen molar-refractivity contribution < 1.29 is 9.66 Å². The molecule has 0 saturated heterocycles. The lowest BCUT2D eigenvalue weighted by atomic mass is 9.79. The predicted octanol–water partition coefficient (Wildman–Crippen LogP) is 3.16. The molecule has 0 atom stereocenters. The molecule has 0 bridgehead atoms. The Hall–Kier alpha value is 0.270. The highest BCUT2D eigenvalue weighted by molar-refractivity contribution is 7.93. The van der Waals surface area contributed by atoms with Crippen LogP contribution in [0.3, 0.4) is 0 Å². The molecule has 0 aliphatic heterocycles. The molecule has 14 heavy (non-hydrogen) atoms. The molecule has 0 heterocycles. The van der Waals surface area contributed by atoms with Crippen molar-refractivity contribution >= 4 is 12.0 Å². The lowest BCUT2D eigenvalue weighted by Crippen LogP contribution is -2.15. The zero-order chi connectivity index (χ0) is 10.2. The monoisotopic (exact) mass is 218 g/mol. The molecule has 1 aliphatic carbocycles. The summed E-state index contributed by atoms with van der Waals surface area (Å²) in [6.07, 6.45) is 8.70. The van der Waals surface area contributed by atoms with E-state index in [-0.39, 0.29) is 0 Å². The fraction of sp³-hybridized carbons (Fsp3) is 1.00. The van der Waals surface area contributed by atoms with Crippen LogP contribution in [0.25, 0.3) is 0 Å². The molecule has 3 heteroatoms. The average molecular weight is 218 g/mol. The van der Waals surface area contributed by atoms with Crippen molar-refractivity contribution in [2.24, 2.45) is 11.8 Å². The van der Waals surface area contributed by atoms with Crippen molar-refractivity contribution in [3.05, 3.63) is 0 Å². The van der Waals surface area contributed by atoms with Gasteiger partial charge in [-0.25, -0.2) is 0 Å². The molecule has 0 aromatic carbocycles. The quantitative estimate of drug-likeness (QED) is 0.531. The molecule has 1 saturated carbocycles. The van der Waals surface area contributed by atoms with E-state index >= 15 is 0 Å². The largest absolute Gasteiger partial charge is 0.396 e. The molecule has 0 radical (unpaired) electrons. The second-order valence-electron chi connectivity index (χ2n) is 4.37. The number of aliphatic hydroxyl groups excluding tert-OH is 1. The van der Waals surface area contributed by atoms with Crippen molar-refractivity contribution in [3.8, 4) is 0 Å². The van der Waals surface area contributed by atoms with Crippen LogP contribution in [0.4, 0.5) is 0 Å². The maximum Gasteiger partial charge on any atom is 0.0433 e. The summed E-state index contributed by atoms with van der Waals surface area (Å²) in [5.41, 5.74) is 0. The van der Waals surface area contributed by atoms with Gasteiger partial charge >= 0.3 is 0 Å². The van der Waals surface area contributed by atoms with Gasteiger partial charge in [0.25, 0.3) is 0 Å². The first-order valence-corrected chi connectivity index (χ1v) is 6.68. The third-order valence-corrected chi connectivity index (χ3v) is 3.82. The van der Waals surface area contributed by atoms with Crippen molar-refractivity contribution in [3.63, 3.8) is 0 Å². The number of aliphatic hydroxyl groups is 1. The van der Waals surface area contributed by atoms with Gasteiger partial charge in [-0.15, -0.1) is 0 Å². The Balaban J connectivity index is 2.03. The van der Waals surface area contributed by atoms with Crippen molar-refractivity contribution in [1.82, 2.24) is 0 Å². The summed E-state index contributed by atoms with van der Waals surface area (Å²) in [4.78, 5) is 0. The van der Waals surface area contributed by atoms with Crippen LogP contribution in [0, 0.1) is 11.8 Å². The fourth-order valence-corrected chi connectivity index (χ4v) is 2.72. The molecule has 0 amide bonds. The van der Waals surface area contributed by atoms with Crippen LogP contribution in [-0.2, 0) is 0 Å². The van der Waals surface area contributed by atoms with E-state index in [4.69, 9.17) is 9.66 Å². The smallest absolute Gasteiger partial charge is 0.0433 e. The first kappa shape index (κ1) is 12.3. The number of rotatable bonds is 6. The zero-order valence-electron chi connectivity index (χ0n) is 8.82. The van der Waals surface area contributed by atoms with Gasteiger partial charge in [0.15, 0.2) is 0 Å². The fourth-order valence-electron chi connectivity index (χ4n) is 2.43. The number of hydrogen-bond donors (Lipinski definition) is 2. The van der Waals surface area contributed by atoms with Crippen LogP contribution in [0.15, 0.2) is 0 Å². The van der Waals surface area contributed by atoms with Crippen molar-refractivity contribution in [2.45, 2.75) is 44.9 Å². The van der Waals surface area contributed by atoms with Gasteiger partial charge in [-0.2, -0.15) is 0 Å². The van der Waals surface area contributed by atoms with Crippen LogP contribution in [0.5, 0.6) is 0 Å². The van der Waals surface area contributed by atoms with Gasteiger partial charge in [0.1, 0.15) is 0 Å². The van der Waals surface area contributed by atoms with Gasteiger partial charge < -0.3 is 9.66 Å². The highest BCUT2D eigenvalue weighted by Crippen LogP contribution is 2.33. The summed E-state index contributed by atoms with van der Waals surface area (Å²) in [5, 5.41) is 8.83. The summed E-state index contributed by atoms with van der Waals surface area (Å²) < 4.78 is 8.60. The van der Waals surface area contributed by atoms with Crippen LogP contribution >= 0.6 is 12.0 Å². The summed E-state index contributed by atoms with van der Waals surface area (Å²) >= 11 is 0.966. The van der Waals surface area contributed by atoms with Crippen LogP contribution in [0.2, 0.25) is 0 Å². The Morgan fingerprint density at radius 3 is 2.07 bits per heavy atom. The van der Waals surface area contributed by atoms with E-state index in [2.05, 4.69) is 0 Å². The molecular formula is C11H22O2S. The topological polar surface area (TPSA) is 40.5 Å². The second kappa shape index (κ2) is 7.55. The molecule has 2 nitrogen and oxygen atoms in total. The van der Waals surface area contributed by atoms with Gasteiger partial charge in [-0.05, 0) is 43.1 Å². The molecule has 0 unspecified atom stereocenters. The van der Waals surface area contributed by atoms with Gasteiger partial charge in [-0.1, -0.05) is 25.7 Å².